The van der Waals surface area contributed by atoms with Crippen molar-refractivity contribution in [2.45, 2.75) is 51.0 Å². The lowest BCUT2D eigenvalue weighted by atomic mass is 9.96. The number of rotatable bonds is 3. The summed E-state index contributed by atoms with van der Waals surface area (Å²) in [5, 5.41) is 6.87. The number of aliphatic imine (C=N–C) groups is 1. The molecular weight excluding hydrogens is 377 g/mol. The SMILES string of the molecule is CN=C(NCc1ccc(C)cc1)NC1CC2CCC1O2.I. The Hall–Kier alpha value is -0.820. The highest BCUT2D eigenvalue weighted by Crippen LogP contribution is 2.34. The summed E-state index contributed by atoms with van der Waals surface area (Å²) in [7, 11) is 1.82. The number of hydrogen-bond donors (Lipinski definition) is 2. The van der Waals surface area contributed by atoms with Crippen LogP contribution in [0, 0.1) is 6.92 Å². The summed E-state index contributed by atoms with van der Waals surface area (Å²) >= 11 is 0. The van der Waals surface area contributed by atoms with Crippen LogP contribution >= 0.6 is 24.0 Å². The van der Waals surface area contributed by atoms with Crippen molar-refractivity contribution in [2.75, 3.05) is 7.05 Å². The minimum absolute atomic E-state index is 0. The highest BCUT2D eigenvalue weighted by atomic mass is 127. The van der Waals surface area contributed by atoms with Gasteiger partial charge in [-0.05, 0) is 31.7 Å². The van der Waals surface area contributed by atoms with Gasteiger partial charge in [0.1, 0.15) is 0 Å². The zero-order valence-corrected chi connectivity index (χ0v) is 15.0. The van der Waals surface area contributed by atoms with Crippen LogP contribution in [0.2, 0.25) is 0 Å². The molecule has 2 bridgehead atoms. The van der Waals surface area contributed by atoms with Crippen molar-refractivity contribution >= 4 is 29.9 Å². The van der Waals surface area contributed by atoms with Crippen molar-refractivity contribution in [1.82, 2.24) is 10.6 Å². The molecule has 0 aliphatic carbocycles. The molecule has 1 aromatic carbocycles. The van der Waals surface area contributed by atoms with E-state index in [1.807, 2.05) is 7.05 Å². The first-order valence-electron chi connectivity index (χ1n) is 7.43. The molecule has 1 aromatic rings. The van der Waals surface area contributed by atoms with Crippen LogP contribution in [0.5, 0.6) is 0 Å². The minimum Gasteiger partial charge on any atom is -0.373 e. The van der Waals surface area contributed by atoms with Gasteiger partial charge >= 0.3 is 0 Å². The fourth-order valence-electron chi connectivity index (χ4n) is 3.05. The normalized spacial score (nSPS) is 27.3. The second-order valence-corrected chi connectivity index (χ2v) is 5.77. The van der Waals surface area contributed by atoms with E-state index >= 15 is 0 Å². The van der Waals surface area contributed by atoms with Crippen LogP contribution in [-0.4, -0.2) is 31.3 Å². The molecule has 2 heterocycles. The van der Waals surface area contributed by atoms with Crippen LogP contribution in [0.1, 0.15) is 30.4 Å². The summed E-state index contributed by atoms with van der Waals surface area (Å²) < 4.78 is 5.86. The van der Waals surface area contributed by atoms with E-state index in [9.17, 15) is 0 Å². The average Bonchev–Trinajstić information content (AvgIpc) is 3.07. The summed E-state index contributed by atoms with van der Waals surface area (Å²) in [6, 6.07) is 8.98. The molecule has 3 unspecified atom stereocenters. The number of guanidine groups is 1. The molecule has 2 aliphatic rings. The van der Waals surface area contributed by atoms with Gasteiger partial charge < -0.3 is 15.4 Å². The molecule has 4 nitrogen and oxygen atoms in total. The number of fused-ring (bicyclic) bond motifs is 2. The molecule has 0 amide bonds. The van der Waals surface area contributed by atoms with Crippen molar-refractivity contribution in [2.24, 2.45) is 4.99 Å². The van der Waals surface area contributed by atoms with Crippen molar-refractivity contribution in [3.05, 3.63) is 35.4 Å². The Morgan fingerprint density at radius 3 is 2.62 bits per heavy atom. The lowest BCUT2D eigenvalue weighted by molar-refractivity contribution is 0.0992. The smallest absolute Gasteiger partial charge is 0.191 e. The Balaban J connectivity index is 0.00000161. The maximum absolute atomic E-state index is 5.86. The first kappa shape index (κ1) is 16.5. The van der Waals surface area contributed by atoms with E-state index in [1.54, 1.807) is 0 Å². The molecule has 0 aromatic heterocycles. The van der Waals surface area contributed by atoms with Crippen LogP contribution < -0.4 is 10.6 Å². The first-order valence-corrected chi connectivity index (χ1v) is 7.43. The van der Waals surface area contributed by atoms with Gasteiger partial charge in [-0.3, -0.25) is 4.99 Å². The van der Waals surface area contributed by atoms with E-state index in [-0.39, 0.29) is 24.0 Å². The molecule has 0 spiro atoms. The summed E-state index contributed by atoms with van der Waals surface area (Å²) in [5.74, 6) is 0.867. The number of hydrogen-bond acceptors (Lipinski definition) is 2. The van der Waals surface area contributed by atoms with Crippen molar-refractivity contribution in [1.29, 1.82) is 0 Å². The van der Waals surface area contributed by atoms with E-state index < -0.39 is 0 Å². The number of nitrogens with zero attached hydrogens (tertiary/aromatic N) is 1. The molecule has 3 atom stereocenters. The van der Waals surface area contributed by atoms with Gasteiger partial charge in [-0.25, -0.2) is 0 Å². The van der Waals surface area contributed by atoms with Crippen LogP contribution in [0.15, 0.2) is 29.3 Å². The number of aryl methyl sites for hydroxylation is 1. The van der Waals surface area contributed by atoms with E-state index in [1.165, 1.54) is 24.0 Å². The summed E-state index contributed by atoms with van der Waals surface area (Å²) in [5.41, 5.74) is 2.55. The third-order valence-electron chi connectivity index (χ3n) is 4.23. The minimum atomic E-state index is 0. The topological polar surface area (TPSA) is 45.7 Å². The summed E-state index contributed by atoms with van der Waals surface area (Å²) in [4.78, 5) is 4.31. The summed E-state index contributed by atoms with van der Waals surface area (Å²) in [6.07, 6.45) is 4.34. The van der Waals surface area contributed by atoms with Crippen LogP contribution in [0.4, 0.5) is 0 Å². The maximum Gasteiger partial charge on any atom is 0.191 e. The third-order valence-corrected chi connectivity index (χ3v) is 4.23. The molecule has 116 valence electrons. The van der Waals surface area contributed by atoms with Gasteiger partial charge in [0.15, 0.2) is 5.96 Å². The molecule has 0 radical (unpaired) electrons. The molecule has 2 saturated heterocycles. The largest absolute Gasteiger partial charge is 0.373 e. The summed E-state index contributed by atoms with van der Waals surface area (Å²) in [6.45, 7) is 2.90. The highest BCUT2D eigenvalue weighted by molar-refractivity contribution is 14.0. The second kappa shape index (κ2) is 7.45. The predicted octanol–water partition coefficient (Wildman–Crippen LogP) is 2.60. The third kappa shape index (κ3) is 4.10. The van der Waals surface area contributed by atoms with Crippen LogP contribution in [0.3, 0.4) is 0 Å². The van der Waals surface area contributed by atoms with Gasteiger partial charge in [-0.15, -0.1) is 24.0 Å². The van der Waals surface area contributed by atoms with E-state index in [4.69, 9.17) is 4.74 Å². The highest BCUT2D eigenvalue weighted by Gasteiger charge is 2.41. The Kier molecular flexibility index (Phi) is 5.87. The van der Waals surface area contributed by atoms with Gasteiger partial charge in [-0.1, -0.05) is 29.8 Å². The molecule has 2 fully saturated rings. The lowest BCUT2D eigenvalue weighted by Gasteiger charge is -2.22. The molecule has 3 rings (SSSR count). The Bertz CT molecular complexity index is 489. The number of benzene rings is 1. The fourth-order valence-corrected chi connectivity index (χ4v) is 3.05. The van der Waals surface area contributed by atoms with Crippen LogP contribution in [0.25, 0.3) is 0 Å². The van der Waals surface area contributed by atoms with Gasteiger partial charge in [0, 0.05) is 13.6 Å². The van der Waals surface area contributed by atoms with Crippen molar-refractivity contribution in [3.63, 3.8) is 0 Å². The number of halogens is 1. The molecule has 21 heavy (non-hydrogen) atoms. The maximum atomic E-state index is 5.86. The molecule has 2 N–H and O–H groups in total. The van der Waals surface area contributed by atoms with Crippen molar-refractivity contribution < 1.29 is 4.74 Å². The van der Waals surface area contributed by atoms with E-state index in [0.29, 0.717) is 18.2 Å². The predicted molar refractivity (Wildman–Crippen MR) is 96.2 cm³/mol. The number of ether oxygens (including phenoxy) is 1. The van der Waals surface area contributed by atoms with Crippen LogP contribution in [-0.2, 0) is 11.3 Å². The molecule has 5 heteroatoms. The van der Waals surface area contributed by atoms with Gasteiger partial charge in [0.25, 0.3) is 0 Å². The Morgan fingerprint density at radius 2 is 2.05 bits per heavy atom. The van der Waals surface area contributed by atoms with Crippen molar-refractivity contribution in [3.8, 4) is 0 Å². The molecule has 0 saturated carbocycles. The zero-order chi connectivity index (χ0) is 13.9. The standard InChI is InChI=1S/C16H23N3O.HI/c1-11-3-5-12(6-4-11)10-18-16(17-2)19-14-9-13-7-8-15(14)20-13;/h3-6,13-15H,7-10H2,1-2H3,(H2,17,18,19);1H. The van der Waals surface area contributed by atoms with Gasteiger partial charge in [0.05, 0.1) is 18.2 Å². The number of nitrogens with one attached hydrogen (secondary N) is 2. The Labute approximate surface area is 143 Å². The van der Waals surface area contributed by atoms with E-state index in [0.717, 1.165) is 18.9 Å². The second-order valence-electron chi connectivity index (χ2n) is 5.77. The lowest BCUT2D eigenvalue weighted by Crippen LogP contribution is -2.47. The first-order chi connectivity index (χ1) is 9.74. The molecule has 2 aliphatic heterocycles. The average molecular weight is 401 g/mol. The quantitative estimate of drug-likeness (QED) is 0.465. The molecular formula is C16H24IN3O. The monoisotopic (exact) mass is 401 g/mol. The van der Waals surface area contributed by atoms with E-state index in [2.05, 4.69) is 46.8 Å². The zero-order valence-electron chi connectivity index (χ0n) is 12.6. The Morgan fingerprint density at radius 1 is 1.29 bits per heavy atom. The van der Waals surface area contributed by atoms with Gasteiger partial charge in [-0.2, -0.15) is 0 Å². The van der Waals surface area contributed by atoms with Gasteiger partial charge in [0.2, 0.25) is 0 Å². The fraction of sp³-hybridized carbons (Fsp3) is 0.562.